The summed E-state index contributed by atoms with van der Waals surface area (Å²) < 4.78 is 37.6. The Morgan fingerprint density at radius 2 is 1.90 bits per heavy atom. The summed E-state index contributed by atoms with van der Waals surface area (Å²) in [5, 5.41) is 10.3. The summed E-state index contributed by atoms with van der Waals surface area (Å²) in [5.74, 6) is -3.82. The molecule has 0 aromatic heterocycles. The highest BCUT2D eigenvalue weighted by molar-refractivity contribution is 9.11. The van der Waals surface area contributed by atoms with E-state index in [9.17, 15) is 22.8 Å². The standard InChI is InChI=1S/C11H8Br2F3NO3/c12-6-2-1-5(7(13)4-6)3-8(9(18)19)17-10(20)11(14,15)16/h1-2,4,8H,3H2,(H,17,20)(H,18,19). The first-order valence-electron chi connectivity index (χ1n) is 5.15. The third-order valence-electron chi connectivity index (χ3n) is 2.30. The predicted octanol–water partition coefficient (Wildman–Crippen LogP) is 2.89. The van der Waals surface area contributed by atoms with E-state index in [2.05, 4.69) is 31.9 Å². The first-order chi connectivity index (χ1) is 9.11. The van der Waals surface area contributed by atoms with Crippen LogP contribution >= 0.6 is 31.9 Å². The van der Waals surface area contributed by atoms with Gasteiger partial charge in [0.05, 0.1) is 0 Å². The molecule has 0 radical (unpaired) electrons. The van der Waals surface area contributed by atoms with Crippen LogP contribution in [0.15, 0.2) is 27.1 Å². The Labute approximate surface area is 128 Å². The van der Waals surface area contributed by atoms with Crippen molar-refractivity contribution in [1.82, 2.24) is 5.32 Å². The molecule has 110 valence electrons. The number of hydrogen-bond donors (Lipinski definition) is 2. The van der Waals surface area contributed by atoms with E-state index >= 15 is 0 Å². The molecule has 0 bridgehead atoms. The second-order valence-corrected chi connectivity index (χ2v) is 5.57. The van der Waals surface area contributed by atoms with Gasteiger partial charge in [-0.2, -0.15) is 13.2 Å². The maximum absolute atomic E-state index is 12.1. The number of nitrogens with one attached hydrogen (secondary N) is 1. The number of hydrogen-bond acceptors (Lipinski definition) is 2. The minimum absolute atomic E-state index is 0.273. The van der Waals surface area contributed by atoms with Crippen LogP contribution in [0.25, 0.3) is 0 Å². The summed E-state index contributed by atoms with van der Waals surface area (Å²) in [4.78, 5) is 21.7. The van der Waals surface area contributed by atoms with E-state index in [1.54, 1.807) is 18.2 Å². The molecule has 9 heteroatoms. The van der Waals surface area contributed by atoms with Crippen molar-refractivity contribution in [3.05, 3.63) is 32.7 Å². The Bertz CT molecular complexity index is 534. The Kier molecular flexibility index (Phi) is 5.58. The van der Waals surface area contributed by atoms with E-state index in [-0.39, 0.29) is 6.42 Å². The van der Waals surface area contributed by atoms with Gasteiger partial charge in [0.25, 0.3) is 0 Å². The van der Waals surface area contributed by atoms with Gasteiger partial charge in [-0.05, 0) is 17.7 Å². The van der Waals surface area contributed by atoms with Crippen LogP contribution in [-0.4, -0.2) is 29.2 Å². The Hall–Kier alpha value is -1.09. The third kappa shape index (κ3) is 4.78. The molecule has 1 rings (SSSR count). The molecule has 0 saturated carbocycles. The van der Waals surface area contributed by atoms with Gasteiger partial charge < -0.3 is 10.4 Å². The summed E-state index contributed by atoms with van der Waals surface area (Å²) in [6.45, 7) is 0. The Balaban J connectivity index is 2.88. The molecule has 2 N–H and O–H groups in total. The fourth-order valence-corrected chi connectivity index (χ4v) is 2.56. The van der Waals surface area contributed by atoms with Gasteiger partial charge in [0.15, 0.2) is 0 Å². The molecule has 1 aromatic carbocycles. The van der Waals surface area contributed by atoms with Crippen molar-refractivity contribution in [3.8, 4) is 0 Å². The number of carboxylic acids is 1. The van der Waals surface area contributed by atoms with E-state index in [4.69, 9.17) is 5.11 Å². The van der Waals surface area contributed by atoms with Crippen LogP contribution < -0.4 is 5.32 Å². The number of alkyl halides is 3. The van der Waals surface area contributed by atoms with Gasteiger partial charge in [0.1, 0.15) is 6.04 Å². The summed E-state index contributed by atoms with van der Waals surface area (Å²) in [6, 6.07) is 3.12. The van der Waals surface area contributed by atoms with Gasteiger partial charge in [-0.3, -0.25) is 4.79 Å². The molecule has 0 aliphatic carbocycles. The van der Waals surface area contributed by atoms with Crippen molar-refractivity contribution in [2.75, 3.05) is 0 Å². The molecular weight excluding hydrogens is 411 g/mol. The lowest BCUT2D eigenvalue weighted by molar-refractivity contribution is -0.175. The van der Waals surface area contributed by atoms with Gasteiger partial charge in [-0.25, -0.2) is 4.79 Å². The molecule has 0 aliphatic rings. The monoisotopic (exact) mass is 417 g/mol. The van der Waals surface area contributed by atoms with Crippen molar-refractivity contribution in [1.29, 1.82) is 0 Å². The van der Waals surface area contributed by atoms with E-state index < -0.39 is 24.1 Å². The number of carbonyl (C=O) groups excluding carboxylic acids is 1. The Morgan fingerprint density at radius 1 is 1.30 bits per heavy atom. The predicted molar refractivity (Wildman–Crippen MR) is 71.2 cm³/mol. The largest absolute Gasteiger partial charge is 0.480 e. The molecule has 20 heavy (non-hydrogen) atoms. The van der Waals surface area contributed by atoms with E-state index in [1.165, 1.54) is 5.32 Å². The first-order valence-corrected chi connectivity index (χ1v) is 6.74. The normalized spacial score (nSPS) is 12.8. The lowest BCUT2D eigenvalue weighted by Crippen LogP contribution is -2.47. The third-order valence-corrected chi connectivity index (χ3v) is 3.53. The number of halogens is 5. The second kappa shape index (κ2) is 6.57. The van der Waals surface area contributed by atoms with Gasteiger partial charge in [0.2, 0.25) is 0 Å². The van der Waals surface area contributed by atoms with Gasteiger partial charge in [0, 0.05) is 15.4 Å². The minimum Gasteiger partial charge on any atom is -0.480 e. The number of carboxylic acid groups (broad SMARTS) is 1. The molecular formula is C11H8Br2F3NO3. The molecule has 0 spiro atoms. The Morgan fingerprint density at radius 3 is 2.35 bits per heavy atom. The van der Waals surface area contributed by atoms with Crippen LogP contribution in [0, 0.1) is 0 Å². The zero-order valence-electron chi connectivity index (χ0n) is 9.67. The molecule has 1 atom stereocenters. The van der Waals surface area contributed by atoms with Crippen LogP contribution in [0.3, 0.4) is 0 Å². The number of rotatable bonds is 4. The quantitative estimate of drug-likeness (QED) is 0.790. The van der Waals surface area contributed by atoms with Crippen LogP contribution in [0.1, 0.15) is 5.56 Å². The number of carbonyl (C=O) groups is 2. The highest BCUT2D eigenvalue weighted by Gasteiger charge is 2.40. The minimum atomic E-state index is -5.12. The van der Waals surface area contributed by atoms with Crippen LogP contribution in [-0.2, 0) is 16.0 Å². The molecule has 1 unspecified atom stereocenters. The summed E-state index contributed by atoms with van der Waals surface area (Å²) in [7, 11) is 0. The maximum Gasteiger partial charge on any atom is 0.471 e. The van der Waals surface area contributed by atoms with Crippen LogP contribution in [0.2, 0.25) is 0 Å². The van der Waals surface area contributed by atoms with Crippen molar-refractivity contribution in [2.45, 2.75) is 18.6 Å². The smallest absolute Gasteiger partial charge is 0.471 e. The molecule has 0 fully saturated rings. The van der Waals surface area contributed by atoms with E-state index in [0.717, 1.165) is 4.47 Å². The molecule has 4 nitrogen and oxygen atoms in total. The molecule has 0 saturated heterocycles. The molecule has 0 aliphatic heterocycles. The second-order valence-electron chi connectivity index (χ2n) is 3.80. The number of amides is 1. The molecule has 1 aromatic rings. The van der Waals surface area contributed by atoms with Crippen LogP contribution in [0.4, 0.5) is 13.2 Å². The zero-order chi connectivity index (χ0) is 15.5. The summed E-state index contributed by atoms with van der Waals surface area (Å²) in [5.41, 5.74) is 0.461. The summed E-state index contributed by atoms with van der Waals surface area (Å²) >= 11 is 6.37. The maximum atomic E-state index is 12.1. The van der Waals surface area contributed by atoms with Crippen molar-refractivity contribution < 1.29 is 27.9 Å². The highest BCUT2D eigenvalue weighted by atomic mass is 79.9. The molecule has 0 heterocycles. The summed E-state index contributed by atoms with van der Waals surface area (Å²) in [6.07, 6.45) is -5.39. The van der Waals surface area contributed by atoms with Crippen LogP contribution in [0.5, 0.6) is 0 Å². The molecule has 1 amide bonds. The van der Waals surface area contributed by atoms with Gasteiger partial charge in [-0.1, -0.05) is 37.9 Å². The topological polar surface area (TPSA) is 66.4 Å². The first kappa shape index (κ1) is 17.0. The fraction of sp³-hybridized carbons (Fsp3) is 0.273. The van der Waals surface area contributed by atoms with Crippen molar-refractivity contribution >= 4 is 43.7 Å². The fourth-order valence-electron chi connectivity index (χ4n) is 1.35. The lowest BCUT2D eigenvalue weighted by atomic mass is 10.1. The average Bonchev–Trinajstić information content (AvgIpc) is 2.29. The number of benzene rings is 1. The van der Waals surface area contributed by atoms with Crippen molar-refractivity contribution in [3.63, 3.8) is 0 Å². The highest BCUT2D eigenvalue weighted by Crippen LogP contribution is 2.23. The average molecular weight is 419 g/mol. The van der Waals surface area contributed by atoms with Gasteiger partial charge >= 0.3 is 18.1 Å². The SMILES string of the molecule is O=C(O)C(Cc1ccc(Br)cc1Br)NC(=O)C(F)(F)F. The van der Waals surface area contributed by atoms with Gasteiger partial charge in [-0.15, -0.1) is 0 Å². The van der Waals surface area contributed by atoms with E-state index in [0.29, 0.717) is 10.0 Å². The van der Waals surface area contributed by atoms with E-state index in [1.807, 2.05) is 0 Å². The zero-order valence-corrected chi connectivity index (χ0v) is 12.8. The van der Waals surface area contributed by atoms with Crippen molar-refractivity contribution in [2.24, 2.45) is 0 Å². The lowest BCUT2D eigenvalue weighted by Gasteiger charge is -2.16. The number of aliphatic carboxylic acids is 1.